The number of hydrogen-bond donors (Lipinski definition) is 0. The molecule has 6 heteroatoms. The zero-order valence-electron chi connectivity index (χ0n) is 15.0. The van der Waals surface area contributed by atoms with Crippen molar-refractivity contribution in [3.05, 3.63) is 29.3 Å². The van der Waals surface area contributed by atoms with Gasteiger partial charge in [-0.1, -0.05) is 41.6 Å². The molecule has 0 saturated heterocycles. The zero-order valence-corrected chi connectivity index (χ0v) is 17.4. The highest BCUT2D eigenvalue weighted by Crippen LogP contribution is 2.61. The fraction of sp³-hybridized carbons (Fsp3) is 0.524. The number of rotatable bonds is 4. The first kappa shape index (κ1) is 16.9. The molecule has 0 atom stereocenters. The van der Waals surface area contributed by atoms with Crippen LogP contribution in [0.1, 0.15) is 38.5 Å². The third-order valence-electron chi connectivity index (χ3n) is 6.80. The normalized spacial score (nSPS) is 31.8. The van der Waals surface area contributed by atoms with E-state index in [2.05, 4.69) is 16.3 Å². The Bertz CT molecular complexity index is 975. The lowest BCUT2D eigenvalue weighted by atomic mass is 9.50. The van der Waals surface area contributed by atoms with E-state index < -0.39 is 0 Å². The summed E-state index contributed by atoms with van der Waals surface area (Å²) in [5.41, 5.74) is 0.517. The molecule has 3 aromatic rings. The van der Waals surface area contributed by atoms with Crippen molar-refractivity contribution in [2.45, 2.75) is 43.7 Å². The van der Waals surface area contributed by atoms with Crippen LogP contribution in [0, 0.1) is 23.2 Å². The second kappa shape index (κ2) is 6.23. The number of thiophene rings is 1. The molecular weight excluding hydrogens is 396 g/mol. The molecule has 4 saturated carbocycles. The summed E-state index contributed by atoms with van der Waals surface area (Å²) in [4.78, 5) is 0.882. The summed E-state index contributed by atoms with van der Waals surface area (Å²) >= 11 is 9.94. The molecule has 0 radical (unpaired) electrons. The molecule has 1 aromatic carbocycles. The maximum absolute atomic E-state index is 6.56. The first-order valence-corrected chi connectivity index (χ1v) is 12.0. The average Bonchev–Trinajstić information content (AvgIpc) is 3.24. The number of thioether (sulfide) groups is 1. The van der Waals surface area contributed by atoms with E-state index in [1.807, 2.05) is 18.2 Å². The standard InChI is InChI=1S/C21H21ClN2OS2/c22-17-15-3-1-2-4-16(15)27-18(17)19-23-24-20(25-19)26-11-21-8-12-5-13(9-21)7-14(6-12)10-21/h1-4,12-14H,5-11H2. The van der Waals surface area contributed by atoms with E-state index in [0.717, 1.165) is 43.5 Å². The van der Waals surface area contributed by atoms with Gasteiger partial charge in [0.15, 0.2) is 0 Å². The van der Waals surface area contributed by atoms with Gasteiger partial charge in [0, 0.05) is 15.8 Å². The van der Waals surface area contributed by atoms with E-state index in [-0.39, 0.29) is 0 Å². The van der Waals surface area contributed by atoms with Crippen LogP contribution in [-0.2, 0) is 0 Å². The Morgan fingerprint density at radius 3 is 2.48 bits per heavy atom. The summed E-state index contributed by atoms with van der Waals surface area (Å²) in [5.74, 6) is 4.61. The monoisotopic (exact) mass is 416 g/mol. The first-order chi connectivity index (χ1) is 13.2. The van der Waals surface area contributed by atoms with Crippen molar-refractivity contribution in [2.75, 3.05) is 5.75 Å². The summed E-state index contributed by atoms with van der Waals surface area (Å²) in [5, 5.41) is 11.1. The number of benzene rings is 1. The Balaban J connectivity index is 1.22. The molecule has 2 aromatic heterocycles. The van der Waals surface area contributed by atoms with Gasteiger partial charge in [0.2, 0.25) is 0 Å². The molecule has 2 heterocycles. The maximum Gasteiger partial charge on any atom is 0.276 e. The molecule has 0 amide bonds. The van der Waals surface area contributed by atoms with Gasteiger partial charge in [-0.25, -0.2) is 0 Å². The minimum Gasteiger partial charge on any atom is -0.410 e. The molecule has 0 N–H and O–H groups in total. The van der Waals surface area contributed by atoms with Gasteiger partial charge >= 0.3 is 0 Å². The molecule has 0 aliphatic heterocycles. The van der Waals surface area contributed by atoms with Crippen LogP contribution in [0.25, 0.3) is 20.9 Å². The van der Waals surface area contributed by atoms with Gasteiger partial charge in [0.05, 0.1) is 5.02 Å². The van der Waals surface area contributed by atoms with E-state index in [1.54, 1.807) is 23.1 Å². The zero-order chi connectivity index (χ0) is 18.0. The third-order valence-corrected chi connectivity index (χ3v) is 9.63. The molecule has 27 heavy (non-hydrogen) atoms. The van der Waals surface area contributed by atoms with E-state index in [4.69, 9.17) is 16.0 Å². The number of fused-ring (bicyclic) bond motifs is 1. The van der Waals surface area contributed by atoms with Crippen molar-refractivity contribution < 1.29 is 4.42 Å². The highest BCUT2D eigenvalue weighted by Gasteiger charge is 2.50. The van der Waals surface area contributed by atoms with Crippen LogP contribution < -0.4 is 0 Å². The van der Waals surface area contributed by atoms with Crippen molar-refractivity contribution in [1.29, 1.82) is 0 Å². The predicted molar refractivity (Wildman–Crippen MR) is 111 cm³/mol. The van der Waals surface area contributed by atoms with Crippen molar-refractivity contribution in [2.24, 2.45) is 23.2 Å². The molecule has 3 nitrogen and oxygen atoms in total. The topological polar surface area (TPSA) is 38.9 Å². The SMILES string of the molecule is Clc1c(-c2nnc(SCC34CC5CC(CC(C5)C3)C4)o2)sc2ccccc12. The van der Waals surface area contributed by atoms with Crippen LogP contribution in [0.15, 0.2) is 33.9 Å². The molecule has 4 aliphatic carbocycles. The molecule has 140 valence electrons. The van der Waals surface area contributed by atoms with Crippen LogP contribution >= 0.6 is 34.7 Å². The summed E-state index contributed by atoms with van der Waals surface area (Å²) in [6.45, 7) is 0. The van der Waals surface area contributed by atoms with Crippen molar-refractivity contribution >= 4 is 44.8 Å². The van der Waals surface area contributed by atoms with Crippen LogP contribution in [-0.4, -0.2) is 16.0 Å². The lowest BCUT2D eigenvalue weighted by Gasteiger charge is -2.56. The highest BCUT2D eigenvalue weighted by atomic mass is 35.5. The lowest BCUT2D eigenvalue weighted by Crippen LogP contribution is -2.47. The van der Waals surface area contributed by atoms with Crippen LogP contribution in [0.2, 0.25) is 5.02 Å². The van der Waals surface area contributed by atoms with E-state index in [1.165, 1.54) is 38.5 Å². The fourth-order valence-electron chi connectivity index (χ4n) is 6.19. The van der Waals surface area contributed by atoms with Gasteiger partial charge < -0.3 is 4.42 Å². The first-order valence-electron chi connectivity index (χ1n) is 9.81. The molecule has 0 unspecified atom stereocenters. The van der Waals surface area contributed by atoms with Gasteiger partial charge in [0.25, 0.3) is 11.1 Å². The number of aromatic nitrogens is 2. The van der Waals surface area contributed by atoms with Gasteiger partial charge in [-0.2, -0.15) is 0 Å². The van der Waals surface area contributed by atoms with Crippen LogP contribution in [0.4, 0.5) is 0 Å². The maximum atomic E-state index is 6.56. The van der Waals surface area contributed by atoms with Gasteiger partial charge in [-0.15, -0.1) is 21.5 Å². The quantitative estimate of drug-likeness (QED) is 0.433. The van der Waals surface area contributed by atoms with E-state index >= 15 is 0 Å². The molecule has 4 fully saturated rings. The van der Waals surface area contributed by atoms with Gasteiger partial charge in [-0.05, 0) is 67.8 Å². The number of hydrogen-bond acceptors (Lipinski definition) is 5. The Labute approximate surface area is 171 Å². The van der Waals surface area contributed by atoms with Crippen molar-refractivity contribution in [3.8, 4) is 10.8 Å². The van der Waals surface area contributed by atoms with Crippen molar-refractivity contribution in [3.63, 3.8) is 0 Å². The summed E-state index contributed by atoms with van der Waals surface area (Å²) in [7, 11) is 0. The summed E-state index contributed by atoms with van der Waals surface area (Å²) in [6.07, 6.45) is 8.69. The highest BCUT2D eigenvalue weighted by molar-refractivity contribution is 7.99. The van der Waals surface area contributed by atoms with Gasteiger partial charge in [0.1, 0.15) is 4.88 Å². The Morgan fingerprint density at radius 1 is 1.07 bits per heavy atom. The van der Waals surface area contributed by atoms with Gasteiger partial charge in [-0.3, -0.25) is 0 Å². The summed E-state index contributed by atoms with van der Waals surface area (Å²) < 4.78 is 7.16. The van der Waals surface area contributed by atoms with Crippen LogP contribution in [0.3, 0.4) is 0 Å². The Hall–Kier alpha value is -1.04. The van der Waals surface area contributed by atoms with Crippen molar-refractivity contribution in [1.82, 2.24) is 10.2 Å². The number of halogens is 1. The molecule has 7 rings (SSSR count). The van der Waals surface area contributed by atoms with E-state index in [0.29, 0.717) is 16.5 Å². The second-order valence-electron chi connectivity index (χ2n) is 8.82. The predicted octanol–water partition coefficient (Wildman–Crippen LogP) is 6.91. The molecule has 4 aliphatic rings. The minimum absolute atomic E-state index is 0.517. The largest absolute Gasteiger partial charge is 0.410 e. The minimum atomic E-state index is 0.517. The fourth-order valence-corrected chi connectivity index (χ4v) is 8.65. The molecule has 4 bridgehead atoms. The molecular formula is C21H21ClN2OS2. The molecule has 0 spiro atoms. The third kappa shape index (κ3) is 2.85. The average molecular weight is 417 g/mol. The Morgan fingerprint density at radius 2 is 1.78 bits per heavy atom. The van der Waals surface area contributed by atoms with E-state index in [9.17, 15) is 0 Å². The lowest BCUT2D eigenvalue weighted by molar-refractivity contribution is -0.0382. The second-order valence-corrected chi connectivity index (χ2v) is 11.2. The summed E-state index contributed by atoms with van der Waals surface area (Å²) in [6, 6.07) is 8.15. The number of nitrogens with zero attached hydrogens (tertiary/aromatic N) is 2. The smallest absolute Gasteiger partial charge is 0.276 e. The Kier molecular flexibility index (Phi) is 3.89. The van der Waals surface area contributed by atoms with Crippen LogP contribution in [0.5, 0.6) is 0 Å².